The van der Waals surface area contributed by atoms with Crippen molar-refractivity contribution in [1.82, 2.24) is 4.98 Å². The van der Waals surface area contributed by atoms with Gasteiger partial charge in [0.05, 0.1) is 12.1 Å². The fourth-order valence-corrected chi connectivity index (χ4v) is 2.82. The predicted octanol–water partition coefficient (Wildman–Crippen LogP) is 3.33. The summed E-state index contributed by atoms with van der Waals surface area (Å²) in [6.07, 6.45) is -1.30. The molecular weight excluding hydrogens is 325 g/mol. The molecule has 0 aliphatic rings. The van der Waals surface area contributed by atoms with E-state index in [9.17, 15) is 18.8 Å². The predicted molar refractivity (Wildman–Crippen MR) is 90.3 cm³/mol. The van der Waals surface area contributed by atoms with Gasteiger partial charge in [-0.3, -0.25) is 14.4 Å². The number of aryl methyl sites for hydroxylation is 1. The summed E-state index contributed by atoms with van der Waals surface area (Å²) >= 11 is 0. The first-order chi connectivity index (χ1) is 11.7. The third kappa shape index (κ3) is 4.02. The van der Waals surface area contributed by atoms with Crippen LogP contribution in [0.4, 0.5) is 4.39 Å². The molecule has 0 saturated carbocycles. The molecule has 1 unspecified atom stereocenters. The van der Waals surface area contributed by atoms with Gasteiger partial charge in [0, 0.05) is 11.3 Å². The van der Waals surface area contributed by atoms with Gasteiger partial charge in [-0.15, -0.1) is 0 Å². The second-order valence-electron chi connectivity index (χ2n) is 5.95. The minimum Gasteiger partial charge on any atom is -0.454 e. The number of hydrogen-bond donors (Lipinski definition) is 1. The van der Waals surface area contributed by atoms with Gasteiger partial charge in [-0.2, -0.15) is 0 Å². The van der Waals surface area contributed by atoms with Crippen LogP contribution in [0.2, 0.25) is 0 Å². The molecule has 132 valence electrons. The van der Waals surface area contributed by atoms with Gasteiger partial charge in [0.25, 0.3) is 0 Å². The van der Waals surface area contributed by atoms with Gasteiger partial charge < -0.3 is 9.72 Å². The standard InChI is InChI=1S/C19H20FNO4/c1-10-17(12(3)22)11(2)21-18(10)19(24)13(4)25-16(23)9-14-7-5-6-8-15(14)20/h5-8,13,21H,9H2,1-4H3. The van der Waals surface area contributed by atoms with Crippen molar-refractivity contribution >= 4 is 17.5 Å². The van der Waals surface area contributed by atoms with Crippen LogP contribution in [0.5, 0.6) is 0 Å². The average molecular weight is 345 g/mol. The van der Waals surface area contributed by atoms with Crippen LogP contribution in [0.15, 0.2) is 24.3 Å². The van der Waals surface area contributed by atoms with Gasteiger partial charge in [-0.1, -0.05) is 18.2 Å². The highest BCUT2D eigenvalue weighted by Gasteiger charge is 2.26. The molecule has 1 heterocycles. The van der Waals surface area contributed by atoms with Gasteiger partial charge in [0.2, 0.25) is 5.78 Å². The molecule has 6 heteroatoms. The van der Waals surface area contributed by atoms with Gasteiger partial charge in [0.15, 0.2) is 11.9 Å². The number of hydrogen-bond acceptors (Lipinski definition) is 4. The lowest BCUT2D eigenvalue weighted by Gasteiger charge is -2.12. The van der Waals surface area contributed by atoms with Crippen LogP contribution in [0, 0.1) is 19.7 Å². The van der Waals surface area contributed by atoms with Crippen molar-refractivity contribution in [1.29, 1.82) is 0 Å². The summed E-state index contributed by atoms with van der Waals surface area (Å²) in [5.41, 5.74) is 2.05. The quantitative estimate of drug-likeness (QED) is 0.643. The second-order valence-corrected chi connectivity index (χ2v) is 5.95. The minimum absolute atomic E-state index is 0.144. The summed E-state index contributed by atoms with van der Waals surface area (Å²) in [6, 6.07) is 5.89. The molecule has 0 spiro atoms. The maximum absolute atomic E-state index is 13.6. The average Bonchev–Trinajstić information content (AvgIpc) is 2.83. The molecule has 0 fully saturated rings. The Morgan fingerprint density at radius 2 is 1.84 bits per heavy atom. The van der Waals surface area contributed by atoms with E-state index in [0.29, 0.717) is 16.8 Å². The molecule has 0 radical (unpaired) electrons. The maximum Gasteiger partial charge on any atom is 0.311 e. The van der Waals surface area contributed by atoms with E-state index in [1.807, 2.05) is 0 Å². The Hall–Kier alpha value is -2.76. The van der Waals surface area contributed by atoms with Crippen LogP contribution >= 0.6 is 0 Å². The van der Waals surface area contributed by atoms with Crippen molar-refractivity contribution in [2.75, 3.05) is 0 Å². The SMILES string of the molecule is CC(=O)c1c(C)[nH]c(C(=O)C(C)OC(=O)Cc2ccccc2F)c1C. The Morgan fingerprint density at radius 3 is 2.40 bits per heavy atom. The van der Waals surface area contributed by atoms with Crippen LogP contribution in [-0.2, 0) is 16.0 Å². The number of ether oxygens (including phenoxy) is 1. The molecule has 5 nitrogen and oxygen atoms in total. The summed E-state index contributed by atoms with van der Waals surface area (Å²) < 4.78 is 18.7. The third-order valence-electron chi connectivity index (χ3n) is 4.01. The maximum atomic E-state index is 13.6. The van der Waals surface area contributed by atoms with Crippen molar-refractivity contribution in [3.05, 3.63) is 58.2 Å². The number of esters is 1. The molecule has 1 N–H and O–H groups in total. The summed E-state index contributed by atoms with van der Waals surface area (Å²) in [5, 5.41) is 0. The minimum atomic E-state index is -1.05. The third-order valence-corrected chi connectivity index (χ3v) is 4.01. The lowest BCUT2D eigenvalue weighted by Crippen LogP contribution is -2.26. The van der Waals surface area contributed by atoms with E-state index in [1.54, 1.807) is 19.9 Å². The highest BCUT2D eigenvalue weighted by atomic mass is 19.1. The van der Waals surface area contributed by atoms with Crippen LogP contribution in [0.1, 0.15) is 51.5 Å². The van der Waals surface area contributed by atoms with Gasteiger partial charge in [-0.25, -0.2) is 4.39 Å². The largest absolute Gasteiger partial charge is 0.454 e. The van der Waals surface area contributed by atoms with Gasteiger partial charge in [-0.05, 0) is 44.9 Å². The van der Waals surface area contributed by atoms with Crippen molar-refractivity contribution in [2.24, 2.45) is 0 Å². The molecule has 1 aromatic heterocycles. The number of ketones is 2. The Balaban J connectivity index is 2.10. The number of H-pyrrole nitrogens is 1. The van der Waals surface area contributed by atoms with E-state index in [1.165, 1.54) is 32.0 Å². The van der Waals surface area contributed by atoms with Crippen molar-refractivity contribution in [3.8, 4) is 0 Å². The van der Waals surface area contributed by atoms with Crippen molar-refractivity contribution in [3.63, 3.8) is 0 Å². The van der Waals surface area contributed by atoms with Crippen molar-refractivity contribution in [2.45, 2.75) is 40.2 Å². The number of nitrogens with one attached hydrogen (secondary N) is 1. The number of carbonyl (C=O) groups excluding carboxylic acids is 3. The van der Waals surface area contributed by atoms with E-state index in [2.05, 4.69) is 4.98 Å². The highest BCUT2D eigenvalue weighted by Crippen LogP contribution is 2.20. The zero-order valence-electron chi connectivity index (χ0n) is 14.6. The molecule has 0 amide bonds. The molecule has 2 rings (SSSR count). The van der Waals surface area contributed by atoms with Crippen molar-refractivity contribution < 1.29 is 23.5 Å². The fourth-order valence-electron chi connectivity index (χ4n) is 2.82. The monoisotopic (exact) mass is 345 g/mol. The van der Waals surface area contributed by atoms with Gasteiger partial charge in [0.1, 0.15) is 5.82 Å². The second kappa shape index (κ2) is 7.42. The Bertz CT molecular complexity index is 838. The first kappa shape index (κ1) is 18.6. The number of Topliss-reactive ketones (excluding diaryl/α,β-unsaturated/α-hetero) is 2. The molecule has 1 aromatic carbocycles. The summed E-state index contributed by atoms with van der Waals surface area (Å²) in [7, 11) is 0. The highest BCUT2D eigenvalue weighted by molar-refractivity contribution is 6.05. The zero-order chi connectivity index (χ0) is 18.7. The number of aromatic amines is 1. The molecular formula is C19H20FNO4. The molecule has 0 saturated heterocycles. The van der Waals surface area contributed by atoms with Gasteiger partial charge >= 0.3 is 5.97 Å². The molecule has 25 heavy (non-hydrogen) atoms. The van der Waals surface area contributed by atoms with Crippen LogP contribution < -0.4 is 0 Å². The first-order valence-electron chi connectivity index (χ1n) is 7.89. The van der Waals surface area contributed by atoms with E-state index < -0.39 is 23.7 Å². The van der Waals surface area contributed by atoms with E-state index in [-0.39, 0.29) is 23.5 Å². The van der Waals surface area contributed by atoms with Crippen LogP contribution in [-0.4, -0.2) is 28.6 Å². The Labute approximate surface area is 145 Å². The van der Waals surface area contributed by atoms with Crippen LogP contribution in [0.25, 0.3) is 0 Å². The summed E-state index contributed by atoms with van der Waals surface area (Å²) in [5.74, 6) is -1.77. The van der Waals surface area contributed by atoms with Crippen LogP contribution in [0.3, 0.4) is 0 Å². The van der Waals surface area contributed by atoms with E-state index >= 15 is 0 Å². The fraction of sp³-hybridized carbons (Fsp3) is 0.316. The number of aromatic nitrogens is 1. The molecule has 0 bridgehead atoms. The normalized spacial score (nSPS) is 11.9. The zero-order valence-corrected chi connectivity index (χ0v) is 14.6. The molecule has 0 aliphatic carbocycles. The summed E-state index contributed by atoms with van der Waals surface area (Å²) in [6.45, 7) is 6.25. The number of carbonyl (C=O) groups is 3. The smallest absolute Gasteiger partial charge is 0.311 e. The molecule has 0 aliphatic heterocycles. The van der Waals surface area contributed by atoms with E-state index in [0.717, 1.165) is 0 Å². The van der Waals surface area contributed by atoms with E-state index in [4.69, 9.17) is 4.74 Å². The Morgan fingerprint density at radius 1 is 1.20 bits per heavy atom. The lowest BCUT2D eigenvalue weighted by molar-refractivity contribution is -0.145. The summed E-state index contributed by atoms with van der Waals surface area (Å²) in [4.78, 5) is 39.0. The molecule has 1 atom stereocenters. The molecule has 2 aromatic rings. The number of halogens is 1. The Kier molecular flexibility index (Phi) is 5.51. The number of benzene rings is 1. The number of rotatable bonds is 6. The topological polar surface area (TPSA) is 76.2 Å². The first-order valence-corrected chi connectivity index (χ1v) is 7.89. The lowest BCUT2D eigenvalue weighted by atomic mass is 10.0.